The van der Waals surface area contributed by atoms with E-state index in [2.05, 4.69) is 10.3 Å². The lowest BCUT2D eigenvalue weighted by Gasteiger charge is -2.40. The Kier molecular flexibility index (Phi) is 6.32. The van der Waals surface area contributed by atoms with Gasteiger partial charge < -0.3 is 14.0 Å². The number of amides is 2. The Balaban J connectivity index is 1.71. The van der Waals surface area contributed by atoms with Crippen LogP contribution >= 0.6 is 0 Å². The topological polar surface area (TPSA) is 103 Å². The summed E-state index contributed by atoms with van der Waals surface area (Å²) in [6.45, 7) is 10.1. The van der Waals surface area contributed by atoms with Gasteiger partial charge in [-0.1, -0.05) is 11.2 Å². The van der Waals surface area contributed by atoms with Gasteiger partial charge >= 0.3 is 12.2 Å². The molecule has 2 aromatic heterocycles. The first kappa shape index (κ1) is 23.3. The summed E-state index contributed by atoms with van der Waals surface area (Å²) in [5.41, 5.74) is 4.70. The van der Waals surface area contributed by atoms with Crippen LogP contribution in [0.4, 0.5) is 21.0 Å². The number of aromatic nitrogens is 3. The smallest absolute Gasteiger partial charge is 0.414 e. The number of hydrogen-bond acceptors (Lipinski definition) is 7. The lowest BCUT2D eigenvalue weighted by atomic mass is 10.0. The van der Waals surface area contributed by atoms with Crippen molar-refractivity contribution in [1.82, 2.24) is 14.9 Å². The molecule has 3 heterocycles. The zero-order valence-corrected chi connectivity index (χ0v) is 20.2. The van der Waals surface area contributed by atoms with Gasteiger partial charge in [-0.15, -0.1) is 0 Å². The lowest BCUT2D eigenvalue weighted by molar-refractivity contribution is 0.121. The molecule has 3 aromatic rings. The van der Waals surface area contributed by atoms with Gasteiger partial charge in [0.15, 0.2) is 0 Å². The Morgan fingerprint density at radius 1 is 1.18 bits per heavy atom. The van der Waals surface area contributed by atoms with E-state index >= 15 is 0 Å². The zero-order chi connectivity index (χ0) is 24.6. The normalized spacial score (nSPS) is 15.4. The van der Waals surface area contributed by atoms with Gasteiger partial charge in [0.1, 0.15) is 5.76 Å². The highest BCUT2D eigenvalue weighted by molar-refractivity contribution is 6.01. The molecule has 0 fully saturated rings. The zero-order valence-electron chi connectivity index (χ0n) is 20.2. The van der Waals surface area contributed by atoms with Crippen LogP contribution in [0, 0.1) is 13.8 Å². The van der Waals surface area contributed by atoms with Crippen molar-refractivity contribution in [3.05, 3.63) is 47.6 Å². The van der Waals surface area contributed by atoms with Crippen molar-refractivity contribution in [1.29, 1.82) is 0 Å². The Hall–Kier alpha value is -3.82. The Morgan fingerprint density at radius 2 is 1.94 bits per heavy atom. The van der Waals surface area contributed by atoms with Crippen LogP contribution in [0.5, 0.6) is 0 Å². The van der Waals surface area contributed by atoms with E-state index in [0.29, 0.717) is 17.9 Å². The molecule has 0 saturated heterocycles. The Bertz CT molecular complexity index is 1190. The van der Waals surface area contributed by atoms with E-state index < -0.39 is 12.2 Å². The number of rotatable bonds is 4. The lowest BCUT2D eigenvalue weighted by Crippen LogP contribution is -2.52. The van der Waals surface area contributed by atoms with E-state index in [9.17, 15) is 9.59 Å². The van der Waals surface area contributed by atoms with E-state index in [0.717, 1.165) is 28.1 Å². The minimum atomic E-state index is -0.481. The Labute approximate surface area is 198 Å². The molecule has 0 bridgehead atoms. The van der Waals surface area contributed by atoms with Gasteiger partial charge in [-0.3, -0.25) is 14.5 Å². The third-order valence-corrected chi connectivity index (χ3v) is 5.81. The van der Waals surface area contributed by atoms with Gasteiger partial charge in [0.2, 0.25) is 0 Å². The maximum absolute atomic E-state index is 12.9. The highest BCUT2D eigenvalue weighted by Gasteiger charge is 2.36. The number of methoxy groups -OCH3 is 1. The van der Waals surface area contributed by atoms with Crippen LogP contribution in [-0.2, 0) is 16.0 Å². The summed E-state index contributed by atoms with van der Waals surface area (Å²) in [5, 5.41) is 8.48. The van der Waals surface area contributed by atoms with E-state index in [1.54, 1.807) is 29.8 Å². The monoisotopic (exact) mass is 467 g/mol. The van der Waals surface area contributed by atoms with Crippen molar-refractivity contribution in [2.75, 3.05) is 23.5 Å². The minimum absolute atomic E-state index is 0.268. The standard InChI is InChI=1S/C24H29N5O5/c1-14(2)33-23(30)28-11-15(3)29(24(31)32-6)21-8-7-18(9-22(21)28)19-10-25-27(12-19)13-20-16(4)26-34-17(20)5/h7-10,12,14-15H,11,13H2,1-6H3/t15-/m0/s1. The van der Waals surface area contributed by atoms with Crippen LogP contribution in [0.1, 0.15) is 37.8 Å². The number of carbonyl (C=O) groups is 2. The maximum atomic E-state index is 12.9. The number of anilines is 2. The third kappa shape index (κ3) is 4.35. The molecule has 1 aliphatic rings. The molecule has 0 aliphatic carbocycles. The average molecular weight is 468 g/mol. The van der Waals surface area contributed by atoms with Gasteiger partial charge in [-0.05, 0) is 52.3 Å². The largest absolute Gasteiger partial charge is 0.452 e. The van der Waals surface area contributed by atoms with Crippen LogP contribution < -0.4 is 9.80 Å². The second kappa shape index (κ2) is 9.20. The van der Waals surface area contributed by atoms with Gasteiger partial charge in [-0.25, -0.2) is 9.59 Å². The summed E-state index contributed by atoms with van der Waals surface area (Å²) >= 11 is 0. The molecule has 1 aromatic carbocycles. The number of hydrogen-bond donors (Lipinski definition) is 0. The van der Waals surface area contributed by atoms with Crippen LogP contribution in [0.15, 0.2) is 35.1 Å². The number of fused-ring (bicyclic) bond motifs is 1. The van der Waals surface area contributed by atoms with Crippen molar-refractivity contribution in [3.8, 4) is 11.1 Å². The first-order valence-corrected chi connectivity index (χ1v) is 11.1. The number of ether oxygens (including phenoxy) is 2. The fraction of sp³-hybridized carbons (Fsp3) is 0.417. The van der Waals surface area contributed by atoms with Crippen LogP contribution in [0.2, 0.25) is 0 Å². The van der Waals surface area contributed by atoms with Crippen molar-refractivity contribution in [2.24, 2.45) is 0 Å². The average Bonchev–Trinajstić information content (AvgIpc) is 3.39. The molecular weight excluding hydrogens is 438 g/mol. The molecule has 34 heavy (non-hydrogen) atoms. The predicted molar refractivity (Wildman–Crippen MR) is 126 cm³/mol. The van der Waals surface area contributed by atoms with E-state index in [-0.39, 0.29) is 18.7 Å². The fourth-order valence-electron chi connectivity index (χ4n) is 4.11. The molecule has 2 amide bonds. The summed E-state index contributed by atoms with van der Waals surface area (Å²) in [6, 6.07) is 5.30. The molecule has 180 valence electrons. The molecule has 1 atom stereocenters. The van der Waals surface area contributed by atoms with Crippen molar-refractivity contribution < 1.29 is 23.6 Å². The molecule has 0 radical (unpaired) electrons. The summed E-state index contributed by atoms with van der Waals surface area (Å²) in [6.07, 6.45) is 2.48. The van der Waals surface area contributed by atoms with Gasteiger partial charge in [0.05, 0.1) is 55.6 Å². The SMILES string of the molecule is COC(=O)N1c2ccc(-c3cnn(Cc4c(C)noc4C)c3)cc2N(C(=O)OC(C)C)C[C@@H]1C. The van der Waals surface area contributed by atoms with Crippen LogP contribution in [0.3, 0.4) is 0 Å². The van der Waals surface area contributed by atoms with Gasteiger partial charge in [-0.2, -0.15) is 5.10 Å². The van der Waals surface area contributed by atoms with Gasteiger partial charge in [0, 0.05) is 17.3 Å². The molecule has 10 nitrogen and oxygen atoms in total. The second-order valence-electron chi connectivity index (χ2n) is 8.66. The highest BCUT2D eigenvalue weighted by Crippen LogP contribution is 2.39. The molecule has 0 saturated carbocycles. The number of carbonyl (C=O) groups excluding carboxylic acids is 2. The maximum Gasteiger partial charge on any atom is 0.414 e. The first-order chi connectivity index (χ1) is 16.2. The minimum Gasteiger partial charge on any atom is -0.452 e. The van der Waals surface area contributed by atoms with E-state index in [1.807, 2.05) is 49.8 Å². The van der Waals surface area contributed by atoms with Crippen molar-refractivity contribution in [2.45, 2.75) is 53.3 Å². The third-order valence-electron chi connectivity index (χ3n) is 5.81. The predicted octanol–water partition coefficient (Wildman–Crippen LogP) is 4.53. The molecule has 0 spiro atoms. The molecule has 1 aliphatic heterocycles. The summed E-state index contributed by atoms with van der Waals surface area (Å²) in [4.78, 5) is 28.5. The highest BCUT2D eigenvalue weighted by atomic mass is 16.6. The summed E-state index contributed by atoms with van der Waals surface area (Å²) in [7, 11) is 1.34. The summed E-state index contributed by atoms with van der Waals surface area (Å²) < 4.78 is 17.5. The van der Waals surface area contributed by atoms with Crippen LogP contribution in [0.25, 0.3) is 11.1 Å². The molecule has 4 rings (SSSR count). The summed E-state index contributed by atoms with van der Waals surface area (Å²) in [5.74, 6) is 0.764. The fourth-order valence-corrected chi connectivity index (χ4v) is 4.11. The van der Waals surface area contributed by atoms with Crippen molar-refractivity contribution >= 4 is 23.6 Å². The first-order valence-electron chi connectivity index (χ1n) is 11.1. The quantitative estimate of drug-likeness (QED) is 0.555. The van der Waals surface area contributed by atoms with E-state index in [1.165, 1.54) is 7.11 Å². The number of benzene rings is 1. The van der Waals surface area contributed by atoms with Crippen molar-refractivity contribution in [3.63, 3.8) is 0 Å². The Morgan fingerprint density at radius 3 is 2.59 bits per heavy atom. The molecule has 0 N–H and O–H groups in total. The number of aryl methyl sites for hydroxylation is 2. The number of nitrogens with zero attached hydrogens (tertiary/aromatic N) is 5. The van der Waals surface area contributed by atoms with Gasteiger partial charge in [0.25, 0.3) is 0 Å². The van der Waals surface area contributed by atoms with Crippen LogP contribution in [-0.4, -0.2) is 52.9 Å². The second-order valence-corrected chi connectivity index (χ2v) is 8.66. The molecular formula is C24H29N5O5. The van der Waals surface area contributed by atoms with E-state index in [4.69, 9.17) is 14.0 Å². The molecule has 0 unspecified atom stereocenters. The molecule has 10 heteroatoms.